The van der Waals surface area contributed by atoms with Crippen molar-refractivity contribution in [1.29, 1.82) is 0 Å². The number of benzene rings is 1. The molecule has 0 bridgehead atoms. The summed E-state index contributed by atoms with van der Waals surface area (Å²) in [5.41, 5.74) is 4.62. The van der Waals surface area contributed by atoms with Crippen LogP contribution in [0.25, 0.3) is 22.3 Å². The molecule has 5 rings (SSSR count). The summed E-state index contributed by atoms with van der Waals surface area (Å²) in [6.07, 6.45) is 6.58. The van der Waals surface area contributed by atoms with Crippen molar-refractivity contribution < 1.29 is 4.79 Å². The lowest BCUT2D eigenvalue weighted by Crippen LogP contribution is -2.35. The van der Waals surface area contributed by atoms with Crippen molar-refractivity contribution in [3.05, 3.63) is 47.7 Å². The molecule has 3 aromatic rings. The van der Waals surface area contributed by atoms with E-state index in [-0.39, 0.29) is 11.9 Å². The minimum absolute atomic E-state index is 0.142. The van der Waals surface area contributed by atoms with Gasteiger partial charge in [-0.05, 0) is 58.4 Å². The van der Waals surface area contributed by atoms with Crippen molar-refractivity contribution in [3.63, 3.8) is 0 Å². The van der Waals surface area contributed by atoms with E-state index in [1.54, 1.807) is 0 Å². The van der Waals surface area contributed by atoms with E-state index in [9.17, 15) is 4.79 Å². The minimum atomic E-state index is 0.142. The maximum atomic E-state index is 13.7. The lowest BCUT2D eigenvalue weighted by molar-refractivity contribution is 0.0736. The molecule has 2 aliphatic rings. The number of aryl methyl sites for hydroxylation is 1. The third-order valence-corrected chi connectivity index (χ3v) is 6.03. The van der Waals surface area contributed by atoms with E-state index >= 15 is 0 Å². The van der Waals surface area contributed by atoms with Gasteiger partial charge < -0.3 is 4.90 Å². The van der Waals surface area contributed by atoms with Crippen LogP contribution in [0.1, 0.15) is 61.5 Å². The molecular formula is C24H28N4O. The average molecular weight is 389 g/mol. The van der Waals surface area contributed by atoms with Crippen LogP contribution in [-0.2, 0) is 0 Å². The van der Waals surface area contributed by atoms with Crippen LogP contribution >= 0.6 is 0 Å². The Kier molecular flexibility index (Phi) is 4.41. The molecule has 2 aromatic heterocycles. The van der Waals surface area contributed by atoms with Crippen LogP contribution in [0.3, 0.4) is 0 Å². The molecule has 2 saturated carbocycles. The molecule has 0 unspecified atom stereocenters. The quantitative estimate of drug-likeness (QED) is 0.597. The molecule has 0 saturated heterocycles. The highest BCUT2D eigenvalue weighted by Crippen LogP contribution is 2.37. The number of hydrogen-bond donors (Lipinski definition) is 0. The van der Waals surface area contributed by atoms with Crippen molar-refractivity contribution in [3.8, 4) is 11.3 Å². The second-order valence-corrected chi connectivity index (χ2v) is 8.97. The van der Waals surface area contributed by atoms with Gasteiger partial charge in [-0.15, -0.1) is 0 Å². The molecule has 5 heteroatoms. The molecule has 0 aliphatic heterocycles. The van der Waals surface area contributed by atoms with Gasteiger partial charge in [0.05, 0.1) is 22.8 Å². The molecule has 0 spiro atoms. The van der Waals surface area contributed by atoms with Gasteiger partial charge in [0.1, 0.15) is 0 Å². The van der Waals surface area contributed by atoms with Gasteiger partial charge in [-0.3, -0.25) is 4.79 Å². The van der Waals surface area contributed by atoms with E-state index in [1.165, 1.54) is 18.4 Å². The Labute approximate surface area is 171 Å². The lowest BCUT2D eigenvalue weighted by atomic mass is 10.0. The highest BCUT2D eigenvalue weighted by atomic mass is 16.2. The third-order valence-electron chi connectivity index (χ3n) is 6.03. The maximum Gasteiger partial charge on any atom is 0.254 e. The molecule has 2 fully saturated rings. The average Bonchev–Trinajstić information content (AvgIpc) is 3.63. The fourth-order valence-corrected chi connectivity index (χ4v) is 3.96. The first kappa shape index (κ1) is 18.3. The van der Waals surface area contributed by atoms with Crippen molar-refractivity contribution in [2.75, 3.05) is 6.54 Å². The molecule has 5 nitrogen and oxygen atoms in total. The van der Waals surface area contributed by atoms with Gasteiger partial charge in [0.15, 0.2) is 5.65 Å². The number of carbonyl (C=O) groups is 1. The number of rotatable bonds is 6. The van der Waals surface area contributed by atoms with E-state index in [0.29, 0.717) is 12.0 Å². The smallest absolute Gasteiger partial charge is 0.254 e. The first-order chi connectivity index (χ1) is 14.0. The summed E-state index contributed by atoms with van der Waals surface area (Å²) in [6, 6.07) is 10.9. The Balaban J connectivity index is 1.64. The molecule has 1 aromatic carbocycles. The highest BCUT2D eigenvalue weighted by molar-refractivity contribution is 6.06. The topological polar surface area (TPSA) is 51.0 Å². The van der Waals surface area contributed by atoms with Crippen molar-refractivity contribution >= 4 is 16.9 Å². The largest absolute Gasteiger partial charge is 0.335 e. The number of fused-ring (bicyclic) bond motifs is 1. The second-order valence-electron chi connectivity index (χ2n) is 8.97. The SMILES string of the molecule is Cc1ccc(-c2cc(C(=O)N(CC3CC3)C3CC3)c3cnn(C(C)C)c3n2)cc1. The monoisotopic (exact) mass is 388 g/mol. The molecule has 29 heavy (non-hydrogen) atoms. The fourth-order valence-electron chi connectivity index (χ4n) is 3.96. The lowest BCUT2D eigenvalue weighted by Gasteiger charge is -2.23. The number of hydrogen-bond acceptors (Lipinski definition) is 3. The summed E-state index contributed by atoms with van der Waals surface area (Å²) in [4.78, 5) is 20.7. The first-order valence-corrected chi connectivity index (χ1v) is 10.8. The van der Waals surface area contributed by atoms with Crippen molar-refractivity contribution in [2.24, 2.45) is 5.92 Å². The number of aromatic nitrogens is 3. The van der Waals surface area contributed by atoms with Crippen LogP contribution in [-0.4, -0.2) is 38.2 Å². The van der Waals surface area contributed by atoms with Crippen molar-refractivity contribution in [2.45, 2.75) is 58.5 Å². The van der Waals surface area contributed by atoms with E-state index in [4.69, 9.17) is 4.98 Å². The van der Waals surface area contributed by atoms with E-state index in [0.717, 1.165) is 47.2 Å². The Morgan fingerprint density at radius 1 is 1.17 bits per heavy atom. The molecule has 0 radical (unpaired) electrons. The van der Waals surface area contributed by atoms with E-state index in [1.807, 2.05) is 16.9 Å². The molecule has 0 atom stereocenters. The van der Waals surface area contributed by atoms with Crippen molar-refractivity contribution in [1.82, 2.24) is 19.7 Å². The number of amides is 1. The Hall–Kier alpha value is -2.69. The predicted octanol–water partition coefficient (Wildman–Crippen LogP) is 5.00. The summed E-state index contributed by atoms with van der Waals surface area (Å²) in [7, 11) is 0. The predicted molar refractivity (Wildman–Crippen MR) is 115 cm³/mol. The van der Waals surface area contributed by atoms with Crippen LogP contribution in [0.4, 0.5) is 0 Å². The number of pyridine rings is 1. The van der Waals surface area contributed by atoms with Crippen LogP contribution in [0.5, 0.6) is 0 Å². The molecule has 150 valence electrons. The van der Waals surface area contributed by atoms with Gasteiger partial charge in [-0.2, -0.15) is 5.10 Å². The van der Waals surface area contributed by atoms with Gasteiger partial charge in [0, 0.05) is 24.2 Å². The molecule has 2 aliphatic carbocycles. The molecule has 1 amide bonds. The zero-order chi connectivity index (χ0) is 20.1. The zero-order valence-corrected chi connectivity index (χ0v) is 17.4. The molecular weight excluding hydrogens is 360 g/mol. The maximum absolute atomic E-state index is 13.7. The second kappa shape index (κ2) is 6.97. The summed E-state index contributed by atoms with van der Waals surface area (Å²) < 4.78 is 1.92. The van der Waals surface area contributed by atoms with Crippen LogP contribution in [0.2, 0.25) is 0 Å². The summed E-state index contributed by atoms with van der Waals surface area (Å²) in [6.45, 7) is 7.16. The standard InChI is InChI=1S/C24H28N4O/c1-15(2)28-23-21(13-25-28)20(12-22(26-23)18-8-4-16(3)5-9-18)24(29)27(19-10-11-19)14-17-6-7-17/h4-5,8-9,12-13,15,17,19H,6-7,10-11,14H2,1-3H3. The van der Waals surface area contributed by atoms with Crippen LogP contribution < -0.4 is 0 Å². The Morgan fingerprint density at radius 2 is 1.90 bits per heavy atom. The third kappa shape index (κ3) is 3.54. The highest BCUT2D eigenvalue weighted by Gasteiger charge is 2.37. The number of nitrogens with zero attached hydrogens (tertiary/aromatic N) is 4. The molecule has 2 heterocycles. The van der Waals surface area contributed by atoms with Crippen LogP contribution in [0, 0.1) is 12.8 Å². The summed E-state index contributed by atoms with van der Waals surface area (Å²) in [5, 5.41) is 5.43. The van der Waals surface area contributed by atoms with E-state index < -0.39 is 0 Å². The minimum Gasteiger partial charge on any atom is -0.335 e. The molecule has 0 N–H and O–H groups in total. The Morgan fingerprint density at radius 3 is 2.52 bits per heavy atom. The Bertz CT molecular complexity index is 1060. The van der Waals surface area contributed by atoms with Gasteiger partial charge in [0.2, 0.25) is 0 Å². The number of carbonyl (C=O) groups excluding carboxylic acids is 1. The van der Waals surface area contributed by atoms with Crippen LogP contribution in [0.15, 0.2) is 36.5 Å². The van der Waals surface area contributed by atoms with Gasteiger partial charge in [-0.25, -0.2) is 9.67 Å². The first-order valence-electron chi connectivity index (χ1n) is 10.8. The van der Waals surface area contributed by atoms with Gasteiger partial charge >= 0.3 is 0 Å². The normalized spacial score (nSPS) is 16.6. The fraction of sp³-hybridized carbons (Fsp3) is 0.458. The zero-order valence-electron chi connectivity index (χ0n) is 17.4. The summed E-state index contributed by atoms with van der Waals surface area (Å²) in [5.74, 6) is 0.829. The van der Waals surface area contributed by atoms with Gasteiger partial charge in [-0.1, -0.05) is 29.8 Å². The summed E-state index contributed by atoms with van der Waals surface area (Å²) >= 11 is 0. The van der Waals surface area contributed by atoms with E-state index in [2.05, 4.69) is 55.0 Å². The van der Waals surface area contributed by atoms with Gasteiger partial charge in [0.25, 0.3) is 5.91 Å².